The van der Waals surface area contributed by atoms with Gasteiger partial charge in [0, 0.05) is 17.6 Å². The van der Waals surface area contributed by atoms with Crippen LogP contribution in [0, 0.1) is 22.7 Å². The zero-order chi connectivity index (χ0) is 24.7. The van der Waals surface area contributed by atoms with Crippen LogP contribution >= 0.6 is 0 Å². The Morgan fingerprint density at radius 2 is 1.85 bits per heavy atom. The quantitative estimate of drug-likeness (QED) is 0.556. The van der Waals surface area contributed by atoms with Crippen molar-refractivity contribution in [1.29, 1.82) is 10.5 Å². The summed E-state index contributed by atoms with van der Waals surface area (Å²) >= 11 is 0. The molecule has 2 heterocycles. The molecule has 0 radical (unpaired) electrons. The second-order valence-electron chi connectivity index (χ2n) is 8.25. The molecule has 0 spiro atoms. The first-order chi connectivity index (χ1) is 16.1. The van der Waals surface area contributed by atoms with Crippen molar-refractivity contribution in [2.24, 2.45) is 0 Å². The highest BCUT2D eigenvalue weighted by Crippen LogP contribution is 2.41. The van der Waals surface area contributed by atoms with Crippen molar-refractivity contribution in [3.05, 3.63) is 47.7 Å². The van der Waals surface area contributed by atoms with Crippen LogP contribution in [0.5, 0.6) is 0 Å². The molecule has 7 nitrogen and oxygen atoms in total. The first-order valence-electron chi connectivity index (χ1n) is 10.6. The zero-order valence-electron chi connectivity index (χ0n) is 18.1. The Labute approximate surface area is 194 Å². The second kappa shape index (κ2) is 8.75. The lowest BCUT2D eigenvalue weighted by atomic mass is 10.1. The number of aromatic nitrogens is 2. The smallest absolute Gasteiger partial charge is 0.335 e. The number of nitrogens with zero attached hydrogens (tertiary/aromatic N) is 4. The van der Waals surface area contributed by atoms with Crippen molar-refractivity contribution in [3.63, 3.8) is 0 Å². The van der Waals surface area contributed by atoms with Crippen LogP contribution in [-0.2, 0) is 10.0 Å². The van der Waals surface area contributed by atoms with Gasteiger partial charge >= 0.3 is 6.18 Å². The summed E-state index contributed by atoms with van der Waals surface area (Å²) in [5.74, 6) is 0. The lowest BCUT2D eigenvalue weighted by molar-refractivity contribution is -0.147. The van der Waals surface area contributed by atoms with Gasteiger partial charge in [-0.1, -0.05) is 18.9 Å². The van der Waals surface area contributed by atoms with E-state index >= 15 is 0 Å². The third kappa shape index (κ3) is 4.25. The topological polar surface area (TPSA) is 112 Å². The Morgan fingerprint density at radius 1 is 1.15 bits per heavy atom. The van der Waals surface area contributed by atoms with E-state index in [9.17, 15) is 32.1 Å². The first kappa shape index (κ1) is 23.7. The van der Waals surface area contributed by atoms with Gasteiger partial charge < -0.3 is 4.57 Å². The molecule has 0 amide bonds. The van der Waals surface area contributed by atoms with Gasteiger partial charge in [0.2, 0.25) is 10.0 Å². The van der Waals surface area contributed by atoms with Crippen LogP contribution in [0.1, 0.15) is 49.8 Å². The molecule has 1 aliphatic carbocycles. The predicted molar refractivity (Wildman–Crippen MR) is 118 cm³/mol. The maximum absolute atomic E-state index is 12.8. The molecule has 0 aliphatic heterocycles. The molecule has 1 aliphatic rings. The molecule has 1 unspecified atom stereocenters. The van der Waals surface area contributed by atoms with E-state index in [0.717, 1.165) is 37.4 Å². The SMILES string of the molecule is CC(NS(=O)(=O)c1ccc(-c2c(C#N)c3ccc(C#N)cc3n2C2CCCC2)nc1)C(F)(F)F. The van der Waals surface area contributed by atoms with E-state index in [4.69, 9.17) is 0 Å². The highest BCUT2D eigenvalue weighted by molar-refractivity contribution is 7.89. The summed E-state index contributed by atoms with van der Waals surface area (Å²) in [7, 11) is -4.46. The van der Waals surface area contributed by atoms with Crippen molar-refractivity contribution in [1.82, 2.24) is 14.3 Å². The minimum Gasteiger partial charge on any atom is -0.335 e. The van der Waals surface area contributed by atoms with Gasteiger partial charge in [0.05, 0.1) is 34.1 Å². The molecule has 0 bridgehead atoms. The number of pyridine rings is 1. The average molecular weight is 488 g/mol. The van der Waals surface area contributed by atoms with Gasteiger partial charge in [0.25, 0.3) is 0 Å². The average Bonchev–Trinajstić information content (AvgIpc) is 3.43. The third-order valence-electron chi connectivity index (χ3n) is 6.05. The maximum atomic E-state index is 12.8. The van der Waals surface area contributed by atoms with Crippen LogP contribution in [0.2, 0.25) is 0 Å². The normalized spacial score (nSPS) is 15.8. The fourth-order valence-corrected chi connectivity index (χ4v) is 5.51. The van der Waals surface area contributed by atoms with Gasteiger partial charge in [-0.15, -0.1) is 0 Å². The summed E-state index contributed by atoms with van der Waals surface area (Å²) in [6, 6.07) is 9.75. The Kier molecular flexibility index (Phi) is 6.11. The van der Waals surface area contributed by atoms with Crippen LogP contribution in [0.15, 0.2) is 41.4 Å². The largest absolute Gasteiger partial charge is 0.404 e. The number of sulfonamides is 1. The molecule has 0 saturated heterocycles. The molecule has 1 saturated carbocycles. The lowest BCUT2D eigenvalue weighted by Gasteiger charge is -2.19. The number of fused-ring (bicyclic) bond motifs is 1. The van der Waals surface area contributed by atoms with E-state index in [2.05, 4.69) is 17.1 Å². The predicted octanol–water partition coefficient (Wildman–Crippen LogP) is 4.79. The number of alkyl halides is 3. The van der Waals surface area contributed by atoms with Crippen LogP contribution < -0.4 is 4.72 Å². The Balaban J connectivity index is 1.83. The number of nitrogens with one attached hydrogen (secondary N) is 1. The van der Waals surface area contributed by atoms with E-state index in [-0.39, 0.29) is 6.04 Å². The van der Waals surface area contributed by atoms with Crippen molar-refractivity contribution in [3.8, 4) is 23.5 Å². The molecule has 3 aromatic rings. The van der Waals surface area contributed by atoms with Crippen molar-refractivity contribution in [2.45, 2.75) is 55.8 Å². The van der Waals surface area contributed by atoms with Gasteiger partial charge in [-0.05, 0) is 44.0 Å². The highest BCUT2D eigenvalue weighted by atomic mass is 32.2. The minimum absolute atomic E-state index is 0.0769. The molecule has 34 heavy (non-hydrogen) atoms. The molecule has 2 aromatic heterocycles. The Bertz CT molecular complexity index is 1420. The van der Waals surface area contributed by atoms with E-state index < -0.39 is 27.1 Å². The summed E-state index contributed by atoms with van der Waals surface area (Å²) in [5.41, 5.74) is 2.33. The summed E-state index contributed by atoms with van der Waals surface area (Å²) < 4.78 is 66.9. The van der Waals surface area contributed by atoms with Crippen molar-refractivity contribution < 1.29 is 21.6 Å². The molecule has 1 aromatic carbocycles. The summed E-state index contributed by atoms with van der Waals surface area (Å²) in [4.78, 5) is 3.81. The molecule has 1 atom stereocenters. The number of rotatable bonds is 5. The van der Waals surface area contributed by atoms with Gasteiger partial charge in [-0.2, -0.15) is 28.4 Å². The summed E-state index contributed by atoms with van der Waals surface area (Å²) in [6.07, 6.45) is 0.0365. The number of nitriles is 2. The summed E-state index contributed by atoms with van der Waals surface area (Å²) in [5, 5.41) is 20.0. The molecule has 176 valence electrons. The maximum Gasteiger partial charge on any atom is 0.404 e. The highest BCUT2D eigenvalue weighted by Gasteiger charge is 2.39. The first-order valence-corrected chi connectivity index (χ1v) is 12.1. The van der Waals surface area contributed by atoms with E-state index in [0.29, 0.717) is 34.8 Å². The van der Waals surface area contributed by atoms with Crippen molar-refractivity contribution in [2.75, 3.05) is 0 Å². The van der Waals surface area contributed by atoms with Gasteiger partial charge in [0.1, 0.15) is 17.0 Å². The van der Waals surface area contributed by atoms with Crippen LogP contribution in [0.25, 0.3) is 22.3 Å². The third-order valence-corrected chi connectivity index (χ3v) is 7.57. The number of hydrogen-bond acceptors (Lipinski definition) is 5. The zero-order valence-corrected chi connectivity index (χ0v) is 18.9. The fourth-order valence-electron chi connectivity index (χ4n) is 4.33. The molecular formula is C23H20F3N5O2S. The number of benzene rings is 1. The number of halogens is 3. The van der Waals surface area contributed by atoms with Crippen LogP contribution in [-0.4, -0.2) is 30.2 Å². The molecular weight excluding hydrogens is 467 g/mol. The molecule has 11 heteroatoms. The minimum atomic E-state index is -4.73. The van der Waals surface area contributed by atoms with Gasteiger partial charge in [-0.25, -0.2) is 8.42 Å². The summed E-state index contributed by atoms with van der Waals surface area (Å²) in [6.45, 7) is 0.716. The van der Waals surface area contributed by atoms with E-state index in [1.54, 1.807) is 22.9 Å². The van der Waals surface area contributed by atoms with Crippen LogP contribution in [0.3, 0.4) is 0 Å². The van der Waals surface area contributed by atoms with Crippen molar-refractivity contribution >= 4 is 20.9 Å². The van der Waals surface area contributed by atoms with Gasteiger partial charge in [-0.3, -0.25) is 4.98 Å². The number of hydrogen-bond donors (Lipinski definition) is 1. The Morgan fingerprint density at radius 3 is 2.41 bits per heavy atom. The molecule has 4 rings (SSSR count). The molecule has 1 fully saturated rings. The van der Waals surface area contributed by atoms with E-state index in [1.165, 1.54) is 12.1 Å². The lowest BCUT2D eigenvalue weighted by Crippen LogP contribution is -2.42. The van der Waals surface area contributed by atoms with E-state index in [1.807, 2.05) is 4.57 Å². The molecule has 1 N–H and O–H groups in total. The fraction of sp³-hybridized carbons (Fsp3) is 0.348. The standard InChI is InChI=1S/C23H20F3N5O2S/c1-14(23(24,25)26)30-34(32,33)17-7-9-20(29-13-17)22-19(12-28)18-8-6-15(11-27)10-21(18)31(22)16-4-2-3-5-16/h6-10,13-14,16,30H,2-5H2,1H3. The second-order valence-corrected chi connectivity index (χ2v) is 9.97. The van der Waals surface area contributed by atoms with Gasteiger partial charge in [0.15, 0.2) is 0 Å². The Hall–Kier alpha value is -3.41. The monoisotopic (exact) mass is 487 g/mol. The van der Waals surface area contributed by atoms with Crippen LogP contribution in [0.4, 0.5) is 13.2 Å².